The molecule has 0 heterocycles. The molecule has 0 saturated carbocycles. The maximum absolute atomic E-state index is 12.0. The summed E-state index contributed by atoms with van der Waals surface area (Å²) in [5, 5.41) is 0.266. The first-order chi connectivity index (χ1) is 6.52. The molecule has 0 aliphatic rings. The van der Waals surface area contributed by atoms with Crippen molar-refractivity contribution >= 4 is 11.6 Å². The molecule has 0 bridgehead atoms. The zero-order valence-corrected chi connectivity index (χ0v) is 8.68. The lowest BCUT2D eigenvalue weighted by Crippen LogP contribution is -2.03. The Hall–Kier alpha value is -0.830. The second-order valence-electron chi connectivity index (χ2n) is 3.19. The predicted octanol–water partition coefficient (Wildman–Crippen LogP) is 4.06. The first-order valence-electron chi connectivity index (χ1n) is 4.25. The molecule has 0 fully saturated rings. The van der Waals surface area contributed by atoms with Gasteiger partial charge < -0.3 is 4.74 Å². The van der Waals surface area contributed by atoms with Crippen LogP contribution in [0.15, 0.2) is 18.2 Å². The van der Waals surface area contributed by atoms with Gasteiger partial charge in [0, 0.05) is 0 Å². The van der Waals surface area contributed by atoms with Gasteiger partial charge >= 0.3 is 6.61 Å². The molecule has 0 aliphatic carbocycles. The van der Waals surface area contributed by atoms with Gasteiger partial charge in [0.15, 0.2) is 0 Å². The summed E-state index contributed by atoms with van der Waals surface area (Å²) in [6, 6.07) is 4.88. The van der Waals surface area contributed by atoms with E-state index in [-0.39, 0.29) is 16.7 Å². The van der Waals surface area contributed by atoms with Gasteiger partial charge in [0.2, 0.25) is 0 Å². The minimum Gasteiger partial charge on any atom is -0.433 e. The van der Waals surface area contributed by atoms with Crippen LogP contribution < -0.4 is 4.74 Å². The SMILES string of the molecule is CC(C)c1cccc(OC(F)F)c1Cl. The van der Waals surface area contributed by atoms with Crippen molar-refractivity contribution in [3.63, 3.8) is 0 Å². The molecule has 1 aromatic carbocycles. The van der Waals surface area contributed by atoms with Crippen LogP contribution in [0.25, 0.3) is 0 Å². The van der Waals surface area contributed by atoms with Crippen LogP contribution in [0.5, 0.6) is 5.75 Å². The van der Waals surface area contributed by atoms with E-state index in [0.29, 0.717) is 0 Å². The van der Waals surface area contributed by atoms with Crippen LogP contribution in [0.1, 0.15) is 25.3 Å². The second-order valence-corrected chi connectivity index (χ2v) is 3.57. The van der Waals surface area contributed by atoms with Crippen LogP contribution in [0.4, 0.5) is 8.78 Å². The maximum atomic E-state index is 12.0. The molecule has 78 valence electrons. The van der Waals surface area contributed by atoms with Crippen molar-refractivity contribution in [1.29, 1.82) is 0 Å². The highest BCUT2D eigenvalue weighted by molar-refractivity contribution is 6.32. The van der Waals surface area contributed by atoms with E-state index in [9.17, 15) is 8.78 Å². The van der Waals surface area contributed by atoms with Crippen molar-refractivity contribution in [2.45, 2.75) is 26.4 Å². The van der Waals surface area contributed by atoms with E-state index in [0.717, 1.165) is 5.56 Å². The van der Waals surface area contributed by atoms with Gasteiger partial charge in [0.1, 0.15) is 5.75 Å². The molecule has 0 aromatic heterocycles. The lowest BCUT2D eigenvalue weighted by atomic mass is 10.0. The Morgan fingerprint density at radius 1 is 1.29 bits per heavy atom. The topological polar surface area (TPSA) is 9.23 Å². The number of rotatable bonds is 3. The summed E-state index contributed by atoms with van der Waals surface area (Å²) in [4.78, 5) is 0. The maximum Gasteiger partial charge on any atom is 0.387 e. The summed E-state index contributed by atoms with van der Waals surface area (Å²) in [6.07, 6.45) is 0. The normalized spacial score (nSPS) is 11.1. The fourth-order valence-electron chi connectivity index (χ4n) is 1.16. The number of benzene rings is 1. The predicted molar refractivity (Wildman–Crippen MR) is 52.2 cm³/mol. The molecular weight excluding hydrogens is 210 g/mol. The highest BCUT2D eigenvalue weighted by Gasteiger charge is 2.12. The van der Waals surface area contributed by atoms with E-state index < -0.39 is 6.61 Å². The molecule has 4 heteroatoms. The number of hydrogen-bond acceptors (Lipinski definition) is 1. The van der Waals surface area contributed by atoms with E-state index in [4.69, 9.17) is 11.6 Å². The third kappa shape index (κ3) is 2.58. The fourth-order valence-corrected chi connectivity index (χ4v) is 1.55. The fraction of sp³-hybridized carbons (Fsp3) is 0.400. The lowest BCUT2D eigenvalue weighted by molar-refractivity contribution is -0.0498. The summed E-state index contributed by atoms with van der Waals surface area (Å²) in [5.74, 6) is 0.219. The molecule has 0 N–H and O–H groups in total. The minimum atomic E-state index is -2.84. The molecular formula is C10H11ClF2O. The Morgan fingerprint density at radius 2 is 1.93 bits per heavy atom. The summed E-state index contributed by atoms with van der Waals surface area (Å²) in [5.41, 5.74) is 0.810. The van der Waals surface area contributed by atoms with Crippen molar-refractivity contribution in [1.82, 2.24) is 0 Å². The summed E-state index contributed by atoms with van der Waals surface area (Å²) >= 11 is 5.89. The number of ether oxygens (including phenoxy) is 1. The Labute approximate surface area is 86.6 Å². The van der Waals surface area contributed by atoms with Gasteiger partial charge in [-0.05, 0) is 17.5 Å². The van der Waals surface area contributed by atoms with Crippen molar-refractivity contribution in [3.05, 3.63) is 28.8 Å². The van der Waals surface area contributed by atoms with Gasteiger partial charge in [-0.15, -0.1) is 0 Å². The molecule has 0 atom stereocenters. The largest absolute Gasteiger partial charge is 0.433 e. The third-order valence-electron chi connectivity index (χ3n) is 1.83. The number of halogens is 3. The van der Waals surface area contributed by atoms with Crippen LogP contribution in [0, 0.1) is 0 Å². The molecule has 0 unspecified atom stereocenters. The van der Waals surface area contributed by atoms with Crippen LogP contribution in [0.2, 0.25) is 5.02 Å². The van der Waals surface area contributed by atoms with Crippen molar-refractivity contribution < 1.29 is 13.5 Å². The summed E-state index contributed by atoms with van der Waals surface area (Å²) < 4.78 is 28.2. The van der Waals surface area contributed by atoms with Crippen LogP contribution in [-0.4, -0.2) is 6.61 Å². The first kappa shape index (κ1) is 11.2. The van der Waals surface area contributed by atoms with Crippen molar-refractivity contribution in [2.24, 2.45) is 0 Å². The quantitative estimate of drug-likeness (QED) is 0.746. The summed E-state index contributed by atoms with van der Waals surface area (Å²) in [6.45, 7) is 1.04. The highest BCUT2D eigenvalue weighted by Crippen LogP contribution is 2.33. The van der Waals surface area contributed by atoms with Crippen LogP contribution >= 0.6 is 11.6 Å². The van der Waals surface area contributed by atoms with E-state index in [1.54, 1.807) is 12.1 Å². The van der Waals surface area contributed by atoms with E-state index in [1.807, 2.05) is 13.8 Å². The monoisotopic (exact) mass is 220 g/mol. The number of hydrogen-bond donors (Lipinski definition) is 0. The number of alkyl halides is 2. The zero-order valence-electron chi connectivity index (χ0n) is 7.93. The van der Waals surface area contributed by atoms with Crippen LogP contribution in [0.3, 0.4) is 0 Å². The second kappa shape index (κ2) is 4.60. The molecule has 0 aliphatic heterocycles. The molecule has 0 radical (unpaired) electrons. The molecule has 0 spiro atoms. The Bertz CT molecular complexity index is 313. The van der Waals surface area contributed by atoms with E-state index >= 15 is 0 Å². The van der Waals surface area contributed by atoms with E-state index in [1.165, 1.54) is 6.07 Å². The van der Waals surface area contributed by atoms with Gasteiger partial charge in [-0.3, -0.25) is 0 Å². The Morgan fingerprint density at radius 3 is 2.43 bits per heavy atom. The lowest BCUT2D eigenvalue weighted by Gasteiger charge is -2.12. The summed E-state index contributed by atoms with van der Waals surface area (Å²) in [7, 11) is 0. The molecule has 0 amide bonds. The van der Waals surface area contributed by atoms with Crippen molar-refractivity contribution in [3.8, 4) is 5.75 Å². The Balaban J connectivity index is 3.01. The molecule has 1 rings (SSSR count). The van der Waals surface area contributed by atoms with Gasteiger partial charge in [0.05, 0.1) is 5.02 Å². The van der Waals surface area contributed by atoms with Gasteiger partial charge in [-0.25, -0.2) is 0 Å². The van der Waals surface area contributed by atoms with Gasteiger partial charge in [-0.2, -0.15) is 8.78 Å². The van der Waals surface area contributed by atoms with Gasteiger partial charge in [0.25, 0.3) is 0 Å². The average Bonchev–Trinajstić information content (AvgIpc) is 2.07. The van der Waals surface area contributed by atoms with Crippen LogP contribution in [-0.2, 0) is 0 Å². The molecule has 1 aromatic rings. The third-order valence-corrected chi connectivity index (χ3v) is 2.24. The van der Waals surface area contributed by atoms with Crippen molar-refractivity contribution in [2.75, 3.05) is 0 Å². The smallest absolute Gasteiger partial charge is 0.387 e. The zero-order chi connectivity index (χ0) is 10.7. The highest BCUT2D eigenvalue weighted by atomic mass is 35.5. The standard InChI is InChI=1S/C10H11ClF2O/c1-6(2)7-4-3-5-8(9(7)11)14-10(12)13/h3-6,10H,1-2H3. The molecule has 1 nitrogen and oxygen atoms in total. The molecule has 0 saturated heterocycles. The molecule has 14 heavy (non-hydrogen) atoms. The Kier molecular flexibility index (Phi) is 3.69. The van der Waals surface area contributed by atoms with E-state index in [2.05, 4.69) is 4.74 Å². The average molecular weight is 221 g/mol. The first-order valence-corrected chi connectivity index (χ1v) is 4.63. The van der Waals surface area contributed by atoms with Gasteiger partial charge in [-0.1, -0.05) is 37.6 Å². The minimum absolute atomic E-state index is 0.0351.